The minimum absolute atomic E-state index is 0.0744. The first-order valence-corrected chi connectivity index (χ1v) is 10.1. The Bertz CT molecular complexity index is 886. The Balaban J connectivity index is 1.32. The highest BCUT2D eigenvalue weighted by Crippen LogP contribution is 2.24. The average molecular weight is 393 g/mol. The lowest BCUT2D eigenvalue weighted by Crippen LogP contribution is -2.41. The van der Waals surface area contributed by atoms with Crippen molar-refractivity contribution in [1.82, 2.24) is 25.3 Å². The van der Waals surface area contributed by atoms with Gasteiger partial charge in [-0.15, -0.1) is 0 Å². The molecule has 3 aromatic rings. The smallest absolute Gasteiger partial charge is 0.315 e. The van der Waals surface area contributed by atoms with E-state index in [2.05, 4.69) is 26.7 Å². The molecule has 1 unspecified atom stereocenters. The zero-order valence-corrected chi connectivity index (χ0v) is 16.5. The number of likely N-dealkylation sites (tertiary alicyclic amines) is 1. The van der Waals surface area contributed by atoms with Gasteiger partial charge in [0.1, 0.15) is 5.76 Å². The van der Waals surface area contributed by atoms with Crippen LogP contribution in [0.2, 0.25) is 0 Å². The second-order valence-corrected chi connectivity index (χ2v) is 7.31. The van der Waals surface area contributed by atoms with Gasteiger partial charge in [0.25, 0.3) is 0 Å². The number of carbonyl (C=O) groups is 1. The Morgan fingerprint density at radius 3 is 2.62 bits per heavy atom. The van der Waals surface area contributed by atoms with Crippen LogP contribution in [0.3, 0.4) is 0 Å². The minimum atomic E-state index is -0.172. The second kappa shape index (κ2) is 9.43. The number of furan rings is 1. The van der Waals surface area contributed by atoms with Gasteiger partial charge in [-0.05, 0) is 55.3 Å². The van der Waals surface area contributed by atoms with Crippen molar-refractivity contribution < 1.29 is 9.21 Å². The van der Waals surface area contributed by atoms with Crippen LogP contribution in [-0.4, -0.2) is 40.3 Å². The van der Waals surface area contributed by atoms with Gasteiger partial charge in [-0.2, -0.15) is 5.10 Å². The van der Waals surface area contributed by atoms with Crippen molar-refractivity contribution in [3.05, 3.63) is 78.0 Å². The van der Waals surface area contributed by atoms with E-state index in [0.717, 1.165) is 30.0 Å². The van der Waals surface area contributed by atoms with Crippen LogP contribution in [0.4, 0.5) is 4.79 Å². The van der Waals surface area contributed by atoms with Gasteiger partial charge < -0.3 is 15.1 Å². The maximum Gasteiger partial charge on any atom is 0.315 e. The summed E-state index contributed by atoms with van der Waals surface area (Å²) in [5, 5.41) is 10.3. The summed E-state index contributed by atoms with van der Waals surface area (Å²) >= 11 is 0. The molecule has 2 N–H and O–H groups in total. The molecule has 29 heavy (non-hydrogen) atoms. The normalized spacial score (nSPS) is 15.3. The van der Waals surface area contributed by atoms with E-state index in [4.69, 9.17) is 4.42 Å². The first-order chi connectivity index (χ1) is 14.3. The van der Waals surface area contributed by atoms with E-state index in [1.165, 1.54) is 12.8 Å². The molecule has 0 bridgehead atoms. The highest BCUT2D eigenvalue weighted by atomic mass is 16.3. The Morgan fingerprint density at radius 1 is 1.07 bits per heavy atom. The van der Waals surface area contributed by atoms with E-state index in [1.54, 1.807) is 12.5 Å². The van der Waals surface area contributed by atoms with E-state index in [9.17, 15) is 4.79 Å². The summed E-state index contributed by atoms with van der Waals surface area (Å²) in [6.07, 6.45) is 7.77. The quantitative estimate of drug-likeness (QED) is 0.616. The topological polar surface area (TPSA) is 75.3 Å². The molecular formula is C22H27N5O2. The van der Waals surface area contributed by atoms with Crippen LogP contribution in [0.15, 0.2) is 65.5 Å². The fourth-order valence-electron chi connectivity index (χ4n) is 3.82. The van der Waals surface area contributed by atoms with Crippen LogP contribution in [0.5, 0.6) is 0 Å². The van der Waals surface area contributed by atoms with E-state index >= 15 is 0 Å². The number of hydrogen-bond donors (Lipinski definition) is 2. The molecule has 0 saturated carbocycles. The lowest BCUT2D eigenvalue weighted by Gasteiger charge is -2.26. The number of amides is 2. The van der Waals surface area contributed by atoms with Gasteiger partial charge >= 0.3 is 6.03 Å². The Kier molecular flexibility index (Phi) is 6.26. The van der Waals surface area contributed by atoms with Gasteiger partial charge in [-0.1, -0.05) is 24.3 Å². The second-order valence-electron chi connectivity index (χ2n) is 7.31. The molecule has 1 aliphatic rings. The first-order valence-electron chi connectivity index (χ1n) is 10.1. The molecule has 2 aromatic heterocycles. The summed E-state index contributed by atoms with van der Waals surface area (Å²) in [5.41, 5.74) is 2.22. The predicted octanol–water partition coefficient (Wildman–Crippen LogP) is 3.16. The molecule has 0 aliphatic carbocycles. The number of hydrogen-bond acceptors (Lipinski definition) is 4. The van der Waals surface area contributed by atoms with Gasteiger partial charge in [0.2, 0.25) is 0 Å². The van der Waals surface area contributed by atoms with E-state index < -0.39 is 0 Å². The van der Waals surface area contributed by atoms with Crippen LogP contribution in [0.1, 0.15) is 35.8 Å². The molecule has 4 rings (SSSR count). The summed E-state index contributed by atoms with van der Waals surface area (Å²) in [5.74, 6) is 0.900. The number of nitrogens with one attached hydrogen (secondary N) is 2. The standard InChI is InChI=1S/C22H27N5O2/c28-22(24-16-20(21-9-5-14-29-21)26-11-3-4-12-26)23-15-18-7-1-2-8-19(18)17-27-13-6-10-25-27/h1-2,5-10,13-14,20H,3-4,11-12,15-17H2,(H2,23,24,28). The summed E-state index contributed by atoms with van der Waals surface area (Å²) in [6.45, 7) is 3.75. The molecule has 0 spiro atoms. The molecule has 1 saturated heterocycles. The molecule has 0 radical (unpaired) electrons. The first kappa shape index (κ1) is 19.3. The largest absolute Gasteiger partial charge is 0.468 e. The molecule has 7 heteroatoms. The van der Waals surface area contributed by atoms with Crippen molar-refractivity contribution in [2.24, 2.45) is 0 Å². The zero-order chi connectivity index (χ0) is 19.9. The number of aromatic nitrogens is 2. The maximum absolute atomic E-state index is 12.4. The van der Waals surface area contributed by atoms with E-state index in [0.29, 0.717) is 19.6 Å². The fourth-order valence-corrected chi connectivity index (χ4v) is 3.82. The number of benzene rings is 1. The molecule has 1 aliphatic heterocycles. The Labute approximate surface area is 170 Å². The summed E-state index contributed by atoms with van der Waals surface area (Å²) < 4.78 is 7.49. The summed E-state index contributed by atoms with van der Waals surface area (Å²) in [6, 6.07) is 13.8. The third-order valence-electron chi connectivity index (χ3n) is 5.36. The molecule has 1 atom stereocenters. The van der Waals surface area contributed by atoms with Gasteiger partial charge in [-0.3, -0.25) is 9.58 Å². The fraction of sp³-hybridized carbons (Fsp3) is 0.364. The van der Waals surface area contributed by atoms with E-state index in [1.807, 2.05) is 47.3 Å². The van der Waals surface area contributed by atoms with Gasteiger partial charge in [0, 0.05) is 25.5 Å². The van der Waals surface area contributed by atoms with Crippen molar-refractivity contribution in [1.29, 1.82) is 0 Å². The molecule has 1 aromatic carbocycles. The zero-order valence-electron chi connectivity index (χ0n) is 16.5. The third-order valence-corrected chi connectivity index (χ3v) is 5.36. The third kappa shape index (κ3) is 5.06. The van der Waals surface area contributed by atoms with Crippen molar-refractivity contribution in [3.8, 4) is 0 Å². The molecule has 7 nitrogen and oxygen atoms in total. The molecule has 2 amide bonds. The van der Waals surface area contributed by atoms with Crippen LogP contribution in [0, 0.1) is 0 Å². The number of carbonyl (C=O) groups excluding carboxylic acids is 1. The van der Waals surface area contributed by atoms with E-state index in [-0.39, 0.29) is 12.1 Å². The highest BCUT2D eigenvalue weighted by Gasteiger charge is 2.25. The van der Waals surface area contributed by atoms with Crippen LogP contribution in [-0.2, 0) is 13.1 Å². The molecular weight excluding hydrogens is 366 g/mol. The van der Waals surface area contributed by atoms with Gasteiger partial charge in [0.15, 0.2) is 0 Å². The number of rotatable bonds is 8. The van der Waals surface area contributed by atoms with Crippen LogP contribution >= 0.6 is 0 Å². The average Bonchev–Trinajstić information content (AvgIpc) is 3.51. The lowest BCUT2D eigenvalue weighted by atomic mass is 10.1. The minimum Gasteiger partial charge on any atom is -0.468 e. The highest BCUT2D eigenvalue weighted by molar-refractivity contribution is 5.73. The van der Waals surface area contributed by atoms with Crippen molar-refractivity contribution in [2.45, 2.75) is 32.0 Å². The monoisotopic (exact) mass is 393 g/mol. The van der Waals surface area contributed by atoms with Crippen molar-refractivity contribution in [3.63, 3.8) is 0 Å². The maximum atomic E-state index is 12.4. The number of urea groups is 1. The van der Waals surface area contributed by atoms with Gasteiger partial charge in [0.05, 0.1) is 18.8 Å². The molecule has 1 fully saturated rings. The molecule has 152 valence electrons. The summed E-state index contributed by atoms with van der Waals surface area (Å²) in [4.78, 5) is 14.8. The Hall–Kier alpha value is -3.06. The SMILES string of the molecule is O=C(NCc1ccccc1Cn1cccn1)NCC(c1ccco1)N1CCCC1. The van der Waals surface area contributed by atoms with Crippen LogP contribution in [0.25, 0.3) is 0 Å². The lowest BCUT2D eigenvalue weighted by molar-refractivity contribution is 0.203. The van der Waals surface area contributed by atoms with Crippen LogP contribution < -0.4 is 10.6 Å². The van der Waals surface area contributed by atoms with Gasteiger partial charge in [-0.25, -0.2) is 4.79 Å². The number of nitrogens with zero attached hydrogens (tertiary/aromatic N) is 3. The van der Waals surface area contributed by atoms with Crippen molar-refractivity contribution in [2.75, 3.05) is 19.6 Å². The van der Waals surface area contributed by atoms with Crippen molar-refractivity contribution >= 4 is 6.03 Å². The summed E-state index contributed by atoms with van der Waals surface area (Å²) in [7, 11) is 0. The predicted molar refractivity (Wildman–Crippen MR) is 110 cm³/mol. The Morgan fingerprint density at radius 2 is 1.90 bits per heavy atom. The molecule has 3 heterocycles.